The molecule has 2 atom stereocenters. The minimum absolute atomic E-state index is 0.0308. The summed E-state index contributed by atoms with van der Waals surface area (Å²) < 4.78 is 1.77. The first-order valence-electron chi connectivity index (χ1n) is 11.6. The molecule has 0 aromatic carbocycles. The van der Waals surface area contributed by atoms with Crippen molar-refractivity contribution >= 4 is 29.2 Å². The summed E-state index contributed by atoms with van der Waals surface area (Å²) >= 11 is 0. The predicted octanol–water partition coefficient (Wildman–Crippen LogP) is 2.55. The number of fused-ring (bicyclic) bond motifs is 3. The van der Waals surface area contributed by atoms with Crippen molar-refractivity contribution in [1.29, 1.82) is 0 Å². The molecular weight excluding hydrogens is 416 g/mol. The number of anilines is 2. The van der Waals surface area contributed by atoms with Gasteiger partial charge in [-0.15, -0.1) is 0 Å². The lowest BCUT2D eigenvalue weighted by Crippen LogP contribution is -2.38. The maximum atomic E-state index is 12.7. The van der Waals surface area contributed by atoms with Crippen LogP contribution >= 0.6 is 0 Å². The molecule has 2 fully saturated rings. The fourth-order valence-corrected chi connectivity index (χ4v) is 5.42. The van der Waals surface area contributed by atoms with Gasteiger partial charge in [-0.3, -0.25) is 34.4 Å². The van der Waals surface area contributed by atoms with E-state index in [2.05, 4.69) is 41.4 Å². The van der Waals surface area contributed by atoms with Crippen LogP contribution in [0, 0.1) is 12.8 Å². The topological polar surface area (TPSA) is 81.9 Å². The van der Waals surface area contributed by atoms with Crippen molar-refractivity contribution in [2.75, 3.05) is 30.0 Å². The fraction of sp³-hybridized carbons (Fsp3) is 0.417. The van der Waals surface area contributed by atoms with E-state index >= 15 is 0 Å². The number of carbonyl (C=O) groups is 1. The Bertz CT molecular complexity index is 1190. The van der Waals surface area contributed by atoms with E-state index in [0.717, 1.165) is 46.5 Å². The summed E-state index contributed by atoms with van der Waals surface area (Å²) in [4.78, 5) is 24.3. The number of likely N-dealkylation sites (tertiary alicyclic amines) is 1. The van der Waals surface area contributed by atoms with Crippen LogP contribution in [0.2, 0.25) is 0 Å². The molecule has 1 saturated heterocycles. The number of aromatic nitrogens is 3. The van der Waals surface area contributed by atoms with Gasteiger partial charge >= 0.3 is 0 Å². The third-order valence-corrected chi connectivity index (χ3v) is 7.07. The SMILES string of the molecule is Cc1ncc(NC(=O)CN2C[C@H]3CC[C@@H]2C3)cc1N1CC=C2C=NC(c3cnn(C)c3)=CN21. The quantitative estimate of drug-likeness (QED) is 0.763. The Morgan fingerprint density at radius 1 is 1.27 bits per heavy atom. The molecule has 3 aliphatic heterocycles. The lowest BCUT2D eigenvalue weighted by molar-refractivity contribution is -0.117. The fourth-order valence-electron chi connectivity index (χ4n) is 5.42. The number of hydrazine groups is 1. The second-order valence-electron chi connectivity index (χ2n) is 9.37. The zero-order chi connectivity index (χ0) is 22.5. The molecule has 0 radical (unpaired) electrons. The molecule has 9 nitrogen and oxygen atoms in total. The summed E-state index contributed by atoms with van der Waals surface area (Å²) in [5, 5.41) is 11.6. The maximum Gasteiger partial charge on any atom is 0.238 e. The van der Waals surface area contributed by atoms with Crippen LogP contribution in [0.1, 0.15) is 30.5 Å². The number of nitrogens with one attached hydrogen (secondary N) is 1. The standard InChI is InChI=1S/C24H28N8O/c1-16-23(8-19(10-25-16)28-24(33)15-30-12-17-3-4-20(30)7-17)31-6-5-21-11-26-22(14-32(21)31)18-9-27-29(2)13-18/h5,8-11,13-14,17,20H,3-4,6-7,12,15H2,1-2H3,(H,28,33)/t17-,20+/m0/s1. The van der Waals surface area contributed by atoms with Gasteiger partial charge in [0, 0.05) is 31.4 Å². The monoisotopic (exact) mass is 444 g/mol. The number of aliphatic imine (C=N–C) groups is 1. The summed E-state index contributed by atoms with van der Waals surface area (Å²) in [5.41, 5.74) is 5.41. The average Bonchev–Trinajstić information content (AvgIpc) is 3.59. The zero-order valence-electron chi connectivity index (χ0n) is 19.0. The van der Waals surface area contributed by atoms with Crippen molar-refractivity contribution in [2.24, 2.45) is 18.0 Å². The van der Waals surface area contributed by atoms with Gasteiger partial charge in [-0.1, -0.05) is 0 Å². The van der Waals surface area contributed by atoms with Gasteiger partial charge in [0.25, 0.3) is 0 Å². The van der Waals surface area contributed by atoms with Crippen molar-refractivity contribution in [3.63, 3.8) is 0 Å². The third-order valence-electron chi connectivity index (χ3n) is 7.07. The second kappa shape index (κ2) is 7.84. The van der Waals surface area contributed by atoms with E-state index in [4.69, 9.17) is 0 Å². The van der Waals surface area contributed by atoms with Gasteiger partial charge in [0.1, 0.15) is 0 Å². The van der Waals surface area contributed by atoms with Crippen molar-refractivity contribution in [3.05, 3.63) is 53.9 Å². The first-order valence-corrected chi connectivity index (χ1v) is 11.6. The van der Waals surface area contributed by atoms with E-state index in [-0.39, 0.29) is 5.91 Å². The Kier molecular flexibility index (Phi) is 4.79. The van der Waals surface area contributed by atoms with Crippen LogP contribution in [-0.2, 0) is 11.8 Å². The van der Waals surface area contributed by atoms with Gasteiger partial charge in [0.2, 0.25) is 5.91 Å². The Hall–Kier alpha value is -3.46. The Morgan fingerprint density at radius 3 is 2.94 bits per heavy atom. The van der Waals surface area contributed by atoms with Gasteiger partial charge in [-0.05, 0) is 44.2 Å². The molecule has 2 aromatic heterocycles. The van der Waals surface area contributed by atoms with Crippen LogP contribution in [0.25, 0.3) is 5.70 Å². The number of aryl methyl sites for hydroxylation is 2. The second-order valence-corrected chi connectivity index (χ2v) is 9.37. The Balaban J connectivity index is 1.19. The highest BCUT2D eigenvalue weighted by molar-refractivity contribution is 5.93. The van der Waals surface area contributed by atoms with Crippen LogP contribution in [-0.4, -0.2) is 62.5 Å². The predicted molar refractivity (Wildman–Crippen MR) is 127 cm³/mol. The first kappa shape index (κ1) is 20.2. The van der Waals surface area contributed by atoms with E-state index in [1.165, 1.54) is 19.3 Å². The number of amides is 1. The van der Waals surface area contributed by atoms with E-state index in [0.29, 0.717) is 19.1 Å². The van der Waals surface area contributed by atoms with Gasteiger partial charge in [0.05, 0.1) is 66.4 Å². The minimum atomic E-state index is 0.0308. The molecule has 0 unspecified atom stereocenters. The molecule has 9 heteroatoms. The molecule has 2 aromatic rings. The number of carbonyl (C=O) groups excluding carboxylic acids is 1. The van der Waals surface area contributed by atoms with Crippen LogP contribution in [0.3, 0.4) is 0 Å². The minimum Gasteiger partial charge on any atom is -0.324 e. The molecule has 0 spiro atoms. The number of rotatable bonds is 5. The van der Waals surface area contributed by atoms with Crippen LogP contribution < -0.4 is 10.3 Å². The molecule has 4 aliphatic rings. The highest BCUT2D eigenvalue weighted by atomic mass is 16.2. The molecule has 170 valence electrons. The Labute approximate surface area is 193 Å². The number of hydrogen-bond donors (Lipinski definition) is 1. The third kappa shape index (κ3) is 3.72. The highest BCUT2D eigenvalue weighted by Crippen LogP contribution is 2.37. The molecule has 33 heavy (non-hydrogen) atoms. The van der Waals surface area contributed by atoms with Gasteiger partial charge in [-0.25, -0.2) is 0 Å². The van der Waals surface area contributed by atoms with Crippen molar-refractivity contribution in [3.8, 4) is 0 Å². The molecule has 1 N–H and O–H groups in total. The smallest absolute Gasteiger partial charge is 0.238 e. The summed E-state index contributed by atoms with van der Waals surface area (Å²) in [6, 6.07) is 2.60. The number of pyridine rings is 1. The summed E-state index contributed by atoms with van der Waals surface area (Å²) in [5.74, 6) is 0.813. The lowest BCUT2D eigenvalue weighted by Gasteiger charge is -2.33. The maximum absolute atomic E-state index is 12.7. The van der Waals surface area contributed by atoms with E-state index in [9.17, 15) is 4.79 Å². The van der Waals surface area contributed by atoms with E-state index in [1.54, 1.807) is 10.9 Å². The lowest BCUT2D eigenvalue weighted by atomic mass is 10.1. The van der Waals surface area contributed by atoms with Crippen LogP contribution in [0.4, 0.5) is 11.4 Å². The zero-order valence-corrected chi connectivity index (χ0v) is 19.0. The number of piperidine rings is 1. The molecule has 1 aliphatic carbocycles. The van der Waals surface area contributed by atoms with E-state index in [1.807, 2.05) is 44.8 Å². The summed E-state index contributed by atoms with van der Waals surface area (Å²) in [6.07, 6.45) is 15.3. The first-order chi connectivity index (χ1) is 16.0. The van der Waals surface area contributed by atoms with E-state index < -0.39 is 0 Å². The van der Waals surface area contributed by atoms with Crippen LogP contribution in [0.15, 0.2) is 47.6 Å². The number of nitrogens with zero attached hydrogens (tertiary/aromatic N) is 7. The molecular formula is C24H28N8O. The Morgan fingerprint density at radius 2 is 2.18 bits per heavy atom. The van der Waals surface area contributed by atoms with Gasteiger partial charge < -0.3 is 5.32 Å². The average molecular weight is 445 g/mol. The summed E-state index contributed by atoms with van der Waals surface area (Å²) in [7, 11) is 1.90. The molecule has 1 saturated carbocycles. The van der Waals surface area contributed by atoms with Gasteiger partial charge in [0.15, 0.2) is 0 Å². The molecule has 2 bridgehead atoms. The number of hydrogen-bond acceptors (Lipinski definition) is 7. The highest BCUT2D eigenvalue weighted by Gasteiger charge is 2.38. The molecule has 5 heterocycles. The number of allylic oxidation sites excluding steroid dienone is 1. The summed E-state index contributed by atoms with van der Waals surface area (Å²) in [6.45, 7) is 4.21. The van der Waals surface area contributed by atoms with Crippen molar-refractivity contribution in [1.82, 2.24) is 24.7 Å². The van der Waals surface area contributed by atoms with Gasteiger partial charge in [-0.2, -0.15) is 5.10 Å². The van der Waals surface area contributed by atoms with Crippen molar-refractivity contribution < 1.29 is 4.79 Å². The largest absolute Gasteiger partial charge is 0.324 e. The van der Waals surface area contributed by atoms with Crippen LogP contribution in [0.5, 0.6) is 0 Å². The van der Waals surface area contributed by atoms with Crippen molar-refractivity contribution in [2.45, 2.75) is 32.2 Å². The molecule has 1 amide bonds. The molecule has 6 rings (SSSR count). The normalized spacial score (nSPS) is 23.7.